The first-order chi connectivity index (χ1) is 9.18. The van der Waals surface area contributed by atoms with Crippen LogP contribution in [0, 0.1) is 0 Å². The Morgan fingerprint density at radius 3 is 3.05 bits per heavy atom. The van der Waals surface area contributed by atoms with Crippen molar-refractivity contribution in [3.63, 3.8) is 0 Å². The molecule has 2 rings (SSSR count). The van der Waals surface area contributed by atoms with E-state index in [2.05, 4.69) is 5.32 Å². The van der Waals surface area contributed by atoms with Gasteiger partial charge in [0.1, 0.15) is 6.04 Å². The van der Waals surface area contributed by atoms with Crippen LogP contribution in [0.25, 0.3) is 0 Å². The van der Waals surface area contributed by atoms with Crippen LogP contribution >= 0.6 is 23.1 Å². The summed E-state index contributed by atoms with van der Waals surface area (Å²) < 4.78 is 0. The molecule has 104 valence electrons. The van der Waals surface area contributed by atoms with Gasteiger partial charge in [-0.1, -0.05) is 6.07 Å². The van der Waals surface area contributed by atoms with Crippen LogP contribution in [0.15, 0.2) is 17.5 Å². The van der Waals surface area contributed by atoms with E-state index in [-0.39, 0.29) is 6.03 Å². The van der Waals surface area contributed by atoms with E-state index < -0.39 is 12.0 Å². The van der Waals surface area contributed by atoms with Crippen molar-refractivity contribution in [1.29, 1.82) is 0 Å². The number of carboxylic acid groups (broad SMARTS) is 1. The average Bonchev–Trinajstić information content (AvgIpc) is 2.91. The Morgan fingerprint density at radius 2 is 2.37 bits per heavy atom. The molecule has 1 aromatic rings. The summed E-state index contributed by atoms with van der Waals surface area (Å²) in [6, 6.07) is 3.02. The second kappa shape index (κ2) is 6.81. The zero-order valence-electron chi connectivity index (χ0n) is 10.4. The third-order valence-corrected chi connectivity index (χ3v) is 4.86. The maximum absolute atomic E-state index is 12.0. The molecule has 0 bridgehead atoms. The fraction of sp³-hybridized carbons (Fsp3) is 0.500. The minimum Gasteiger partial charge on any atom is -0.480 e. The first-order valence-electron chi connectivity index (χ1n) is 6.06. The smallest absolute Gasteiger partial charge is 0.327 e. The maximum atomic E-state index is 12.0. The molecule has 1 saturated heterocycles. The zero-order valence-corrected chi connectivity index (χ0v) is 12.0. The molecule has 7 heteroatoms. The lowest BCUT2D eigenvalue weighted by molar-refractivity contribution is -0.141. The summed E-state index contributed by atoms with van der Waals surface area (Å²) in [5.74, 6) is 0.330. The fourth-order valence-electron chi connectivity index (χ4n) is 1.90. The van der Waals surface area contributed by atoms with Gasteiger partial charge in [0, 0.05) is 29.5 Å². The summed E-state index contributed by atoms with van der Waals surface area (Å²) in [6.07, 6.45) is 0.781. The molecule has 0 aromatic carbocycles. The lowest BCUT2D eigenvalue weighted by Crippen LogP contribution is -2.54. The topological polar surface area (TPSA) is 69.6 Å². The number of amides is 2. The van der Waals surface area contributed by atoms with Gasteiger partial charge >= 0.3 is 12.0 Å². The highest BCUT2D eigenvalue weighted by molar-refractivity contribution is 7.99. The van der Waals surface area contributed by atoms with E-state index in [1.54, 1.807) is 23.1 Å². The predicted octanol–water partition coefficient (Wildman–Crippen LogP) is 1.50. The number of nitrogens with zero attached hydrogens (tertiary/aromatic N) is 1. The summed E-state index contributed by atoms with van der Waals surface area (Å²) in [6.45, 7) is 1.03. The van der Waals surface area contributed by atoms with Gasteiger partial charge in [-0.05, 0) is 17.9 Å². The van der Waals surface area contributed by atoms with Gasteiger partial charge in [0.25, 0.3) is 0 Å². The highest BCUT2D eigenvalue weighted by Gasteiger charge is 2.32. The molecule has 1 atom stereocenters. The standard InChI is InChI=1S/C12H16N2O3S2/c15-11(16)10-8-18-7-5-14(10)12(17)13-4-3-9-2-1-6-19-9/h1-2,6,10H,3-5,7-8H2,(H,13,17)(H,15,16). The number of carbonyl (C=O) groups excluding carboxylic acids is 1. The van der Waals surface area contributed by atoms with Gasteiger partial charge in [0.15, 0.2) is 0 Å². The zero-order chi connectivity index (χ0) is 13.7. The number of carbonyl (C=O) groups is 2. The Bertz CT molecular complexity index is 436. The summed E-state index contributed by atoms with van der Waals surface area (Å²) in [5.41, 5.74) is 0. The molecule has 1 aliphatic rings. The number of hydrogen-bond donors (Lipinski definition) is 2. The Balaban J connectivity index is 1.82. The molecule has 1 aromatic heterocycles. The van der Waals surface area contributed by atoms with E-state index in [0.29, 0.717) is 18.8 Å². The number of thioether (sulfide) groups is 1. The summed E-state index contributed by atoms with van der Waals surface area (Å²) in [4.78, 5) is 25.7. The van der Waals surface area contributed by atoms with Crippen LogP contribution in [0.4, 0.5) is 4.79 Å². The molecule has 0 saturated carbocycles. The van der Waals surface area contributed by atoms with E-state index in [4.69, 9.17) is 5.11 Å². The maximum Gasteiger partial charge on any atom is 0.327 e. The van der Waals surface area contributed by atoms with Crippen molar-refractivity contribution in [3.05, 3.63) is 22.4 Å². The first kappa shape index (κ1) is 14.2. The highest BCUT2D eigenvalue weighted by Crippen LogP contribution is 2.16. The van der Waals surface area contributed by atoms with Crippen molar-refractivity contribution in [2.75, 3.05) is 24.6 Å². The molecule has 2 N–H and O–H groups in total. The van der Waals surface area contributed by atoms with Crippen LogP contribution in [0.2, 0.25) is 0 Å². The fourth-order valence-corrected chi connectivity index (χ4v) is 3.65. The van der Waals surface area contributed by atoms with Crippen LogP contribution < -0.4 is 5.32 Å². The van der Waals surface area contributed by atoms with E-state index in [0.717, 1.165) is 12.2 Å². The van der Waals surface area contributed by atoms with E-state index >= 15 is 0 Å². The van der Waals surface area contributed by atoms with Gasteiger partial charge in [-0.2, -0.15) is 11.8 Å². The molecule has 0 aliphatic carbocycles. The molecule has 2 heterocycles. The predicted molar refractivity (Wildman–Crippen MR) is 76.9 cm³/mol. The minimum absolute atomic E-state index is 0.274. The SMILES string of the molecule is O=C(O)C1CSCCN1C(=O)NCCc1cccs1. The Morgan fingerprint density at radius 1 is 1.53 bits per heavy atom. The number of rotatable bonds is 4. The third kappa shape index (κ3) is 3.87. The van der Waals surface area contributed by atoms with Crippen LogP contribution in [-0.2, 0) is 11.2 Å². The van der Waals surface area contributed by atoms with Crippen molar-refractivity contribution in [2.45, 2.75) is 12.5 Å². The Hall–Kier alpha value is -1.21. The van der Waals surface area contributed by atoms with Gasteiger partial charge < -0.3 is 15.3 Å². The second-order valence-electron chi connectivity index (χ2n) is 4.18. The molecule has 1 unspecified atom stereocenters. The van der Waals surface area contributed by atoms with E-state index in [1.807, 2.05) is 17.5 Å². The highest BCUT2D eigenvalue weighted by atomic mass is 32.2. The van der Waals surface area contributed by atoms with Gasteiger partial charge in [-0.25, -0.2) is 9.59 Å². The normalized spacial score (nSPS) is 19.2. The number of urea groups is 1. The Labute approximate surface area is 120 Å². The second-order valence-corrected chi connectivity index (χ2v) is 6.37. The first-order valence-corrected chi connectivity index (χ1v) is 8.09. The summed E-state index contributed by atoms with van der Waals surface area (Å²) in [7, 11) is 0. The van der Waals surface area contributed by atoms with Gasteiger partial charge in [-0.3, -0.25) is 0 Å². The number of thiophene rings is 1. The molecule has 0 spiro atoms. The van der Waals surface area contributed by atoms with Crippen molar-refractivity contribution >= 4 is 35.1 Å². The third-order valence-electron chi connectivity index (χ3n) is 2.90. The van der Waals surface area contributed by atoms with Crippen LogP contribution in [0.3, 0.4) is 0 Å². The van der Waals surface area contributed by atoms with E-state index in [9.17, 15) is 9.59 Å². The molecule has 0 radical (unpaired) electrons. The summed E-state index contributed by atoms with van der Waals surface area (Å²) >= 11 is 3.23. The molecule has 1 fully saturated rings. The van der Waals surface area contributed by atoms with E-state index in [1.165, 1.54) is 9.78 Å². The lowest BCUT2D eigenvalue weighted by Gasteiger charge is -2.32. The van der Waals surface area contributed by atoms with Gasteiger partial charge in [0.05, 0.1) is 0 Å². The van der Waals surface area contributed by atoms with Crippen molar-refractivity contribution in [1.82, 2.24) is 10.2 Å². The average molecular weight is 300 g/mol. The van der Waals surface area contributed by atoms with Gasteiger partial charge in [0.2, 0.25) is 0 Å². The van der Waals surface area contributed by atoms with Gasteiger partial charge in [-0.15, -0.1) is 11.3 Å². The molecule has 5 nitrogen and oxygen atoms in total. The molecular formula is C12H16N2O3S2. The quantitative estimate of drug-likeness (QED) is 0.884. The number of nitrogens with one attached hydrogen (secondary N) is 1. The Kier molecular flexibility index (Phi) is 5.09. The van der Waals surface area contributed by atoms with Crippen molar-refractivity contribution in [2.24, 2.45) is 0 Å². The molecule has 1 aliphatic heterocycles. The monoisotopic (exact) mass is 300 g/mol. The molecular weight excluding hydrogens is 284 g/mol. The minimum atomic E-state index is -0.930. The summed E-state index contributed by atoms with van der Waals surface area (Å²) in [5, 5.41) is 13.9. The van der Waals surface area contributed by atoms with Crippen molar-refractivity contribution in [3.8, 4) is 0 Å². The number of hydrogen-bond acceptors (Lipinski definition) is 4. The van der Waals surface area contributed by atoms with Crippen LogP contribution in [-0.4, -0.2) is 52.6 Å². The van der Waals surface area contributed by atoms with Crippen molar-refractivity contribution < 1.29 is 14.7 Å². The van der Waals surface area contributed by atoms with Crippen LogP contribution in [0.1, 0.15) is 4.88 Å². The number of carboxylic acids is 1. The van der Waals surface area contributed by atoms with Crippen LogP contribution in [0.5, 0.6) is 0 Å². The molecule has 2 amide bonds. The number of aliphatic carboxylic acids is 1. The lowest BCUT2D eigenvalue weighted by atomic mass is 10.3. The molecule has 19 heavy (non-hydrogen) atoms. The largest absolute Gasteiger partial charge is 0.480 e.